The second-order valence-electron chi connectivity index (χ2n) is 36.1. The summed E-state index contributed by atoms with van der Waals surface area (Å²) in [5.74, 6) is -2.93. The minimum absolute atomic E-state index is 0.0421. The molecule has 8 fully saturated rings. The molecule has 3 aromatic heterocycles. The van der Waals surface area contributed by atoms with Crippen molar-refractivity contribution in [2.45, 2.75) is 202 Å². The number of carboxylic acids is 1. The fourth-order valence-corrected chi connectivity index (χ4v) is 19.0. The minimum atomic E-state index is -4.02. The number of carboxylic acid groups (broad SMARTS) is 1. The molecular weight excluding hydrogens is 1800 g/mol. The zero-order valence-corrected chi connectivity index (χ0v) is 80.3. The van der Waals surface area contributed by atoms with Gasteiger partial charge in [-0.1, -0.05) is 136 Å². The number of esters is 1. The number of carbonyl (C=O) groups is 8. The standard InChI is InChI=1S/C26H27N3O4S.C24H24N4O.C22H20FN3O4.C14H22O4.C12H17NO3.C7H8O3S/c30-25-17-33-26(18-29(25)22-7-8-22)11-14-28(15-12-26)34(31,32)23-9-5-19(6-10-23)21-4-3-20-2-1-13-27-24(20)16-21;1-14-9-15(2)22(10-21(14)23-16(3)17(4)26-27-23)24(29)28-12-20(13-28)19-7-5-18(11-25)6-8-19;23-16-5-6-17-18(13-16)30-19(24-17)14-1-3-15(4-2-14)20(27)25-9-11-26(12-10-25)21(28)22(29)7-8-22;1-3-4-5-6-7-8-9-11-12(13(15)16)10(2)14(17)18-11;1-2-3-4-5-6-7-8-9(14)10-11(16-10)12(13)15;1-6-2-4-7(5-3-6)11(8,9)10/h1-6,9-10,13,16,22H,7-8,11-12,14-15,17-18H2;5-10,20H,12-13H2,1-4H3,(H,26,27);1-6,13,29H,7-12H2;11-12H,2-9H2,1H3,(H,15,16);2-3,5-6,10-11H,4,7-8H2,1H3,(H2,13,15);2-5H,1H3,(H,8,9,10)/b;;;;3-2+,6-5+;. The van der Waals surface area contributed by atoms with Crippen LogP contribution in [0.2, 0.25) is 0 Å². The summed E-state index contributed by atoms with van der Waals surface area (Å²) >= 11 is 0. The number of Topliss-reactive ketones (excluding diaryl/α,β-unsaturated/α-hetero) is 1. The molecule has 7 aromatic carbocycles. The molecule has 2 saturated carbocycles. The number of benzene rings is 7. The number of aromatic nitrogens is 4. The molecule has 1 spiro atoms. The molecule has 5 amide bonds. The zero-order chi connectivity index (χ0) is 98.9. The van der Waals surface area contributed by atoms with Crippen molar-refractivity contribution < 1.29 is 93.0 Å². The number of primary amides is 1. The first-order valence-electron chi connectivity index (χ1n) is 46.7. The maximum atomic E-state index is 13.3. The lowest BCUT2D eigenvalue weighted by Crippen LogP contribution is -2.59. The minimum Gasteiger partial charge on any atom is -0.481 e. The number of fused-ring (bicyclic) bond motifs is 2. The Balaban J connectivity index is 0.000000145. The van der Waals surface area contributed by atoms with Gasteiger partial charge in [-0.3, -0.25) is 48.2 Å². The number of allylic oxidation sites excluding steroid dienone is 4. The number of carbonyl (C=O) groups excluding carboxylic acids is 7. The van der Waals surface area contributed by atoms with Gasteiger partial charge in [0.05, 0.1) is 44.8 Å². The molecule has 33 heteroatoms. The molecule has 4 atom stereocenters. The van der Waals surface area contributed by atoms with Crippen LogP contribution in [0.15, 0.2) is 215 Å². The van der Waals surface area contributed by atoms with E-state index in [0.717, 1.165) is 105 Å². The SMILES string of the molecule is C/C=C/C/C=C/CCC(=O)C1OC1C(N)=O.C=C1C(=O)OC(CCCCCCCC)C1C(=O)O.Cc1cc(C)c(-c2n[nH]c(C)c2C)cc1C(=O)N1CC(c2ccc(C#N)cc2)C1.Cc1ccc(S(=O)(=O)O)cc1.O=C(c1ccc(-c2nc3ccc(F)cc3o2)cc1)N1CCN(C(=O)C2(O)CC2)CC1.O=C1COC2(CCN(S(=O)(=O)c3ccc(-c4ccc5cccnc5c4)cc3)CC2)CN1C1CC1. The Morgan fingerprint density at radius 1 is 0.710 bits per heavy atom. The van der Waals surface area contributed by atoms with E-state index >= 15 is 0 Å². The van der Waals surface area contributed by atoms with Crippen LogP contribution in [0.3, 0.4) is 0 Å². The molecule has 30 nitrogen and oxygen atoms in total. The third-order valence-corrected chi connectivity index (χ3v) is 28.8. The maximum Gasteiger partial charge on any atom is 0.334 e. The number of oxazole rings is 1. The number of hydrogen-bond donors (Lipinski definition) is 5. The molecule has 2 aliphatic carbocycles. The number of cyclic esters (lactones) is 1. The predicted octanol–water partition coefficient (Wildman–Crippen LogP) is 15.6. The van der Waals surface area contributed by atoms with E-state index in [4.69, 9.17) is 39.3 Å². The Morgan fingerprint density at radius 2 is 1.37 bits per heavy atom. The molecule has 9 heterocycles. The molecule has 18 rings (SSSR count). The van der Waals surface area contributed by atoms with Crippen molar-refractivity contribution in [2.24, 2.45) is 11.7 Å². The average molecular weight is 1920 g/mol. The number of unbranched alkanes of at least 4 members (excludes halogenated alkanes) is 5. The summed E-state index contributed by atoms with van der Waals surface area (Å²) < 4.78 is 92.6. The summed E-state index contributed by atoms with van der Waals surface area (Å²) in [6.45, 7) is 22.2. The number of epoxide rings is 1. The number of nitrogens with one attached hydrogen (secondary N) is 1. The van der Waals surface area contributed by atoms with E-state index < -0.39 is 73.4 Å². The fraction of sp³-hybridized carbons (Fsp3) is 0.390. The molecule has 6 N–H and O–H groups in total. The van der Waals surface area contributed by atoms with Gasteiger partial charge in [-0.25, -0.2) is 22.6 Å². The second kappa shape index (κ2) is 45.5. The van der Waals surface area contributed by atoms with Gasteiger partial charge in [0, 0.05) is 122 Å². The lowest BCUT2D eigenvalue weighted by atomic mass is 9.89. The van der Waals surface area contributed by atoms with Crippen LogP contribution in [-0.4, -0.2) is 224 Å². The largest absolute Gasteiger partial charge is 0.481 e. The van der Waals surface area contributed by atoms with Crippen molar-refractivity contribution in [3.8, 4) is 39.9 Å². The first-order valence-corrected chi connectivity index (χ1v) is 49.6. The fourth-order valence-electron chi connectivity index (χ4n) is 17.1. The van der Waals surface area contributed by atoms with Crippen LogP contribution in [0.4, 0.5) is 4.39 Å². The van der Waals surface area contributed by atoms with E-state index in [-0.39, 0.29) is 52.3 Å². The lowest BCUT2D eigenvalue weighted by Gasteiger charge is -2.46. The number of likely N-dealkylation sites (tertiary alicyclic amines) is 1. The van der Waals surface area contributed by atoms with Gasteiger partial charge >= 0.3 is 11.9 Å². The summed E-state index contributed by atoms with van der Waals surface area (Å²) in [5.41, 5.74) is 18.2. The molecule has 726 valence electrons. The molecule has 138 heavy (non-hydrogen) atoms. The predicted molar refractivity (Wildman–Crippen MR) is 517 cm³/mol. The monoisotopic (exact) mass is 1920 g/mol. The van der Waals surface area contributed by atoms with Crippen LogP contribution < -0.4 is 5.73 Å². The highest BCUT2D eigenvalue weighted by atomic mass is 32.2. The van der Waals surface area contributed by atoms with Gasteiger partial charge in [0.15, 0.2) is 23.6 Å². The molecular formula is C105H118FN11O19S2. The molecule has 6 aliphatic heterocycles. The van der Waals surface area contributed by atoms with Crippen molar-refractivity contribution in [1.29, 1.82) is 5.26 Å². The Morgan fingerprint density at radius 3 is 1.99 bits per heavy atom. The Bertz CT molecular complexity index is 6470. The van der Waals surface area contributed by atoms with E-state index in [1.54, 1.807) is 74.9 Å². The molecule has 0 radical (unpaired) electrons. The van der Waals surface area contributed by atoms with E-state index in [1.807, 2.05) is 142 Å². The van der Waals surface area contributed by atoms with Gasteiger partial charge in [-0.2, -0.15) is 23.1 Å². The lowest BCUT2D eigenvalue weighted by molar-refractivity contribution is -0.170. The number of sulfonamides is 1. The summed E-state index contributed by atoms with van der Waals surface area (Å²) in [5, 5.41) is 36.5. The number of halogens is 1. The van der Waals surface area contributed by atoms with E-state index in [2.05, 4.69) is 52.7 Å². The third-order valence-electron chi connectivity index (χ3n) is 26.0. The number of ketones is 1. The number of morpholine rings is 1. The molecule has 0 bridgehead atoms. The number of amides is 5. The van der Waals surface area contributed by atoms with Gasteiger partial charge in [0.2, 0.25) is 27.7 Å². The number of aliphatic carboxylic acids is 1. The number of aryl methyl sites for hydroxylation is 4. The number of pyridine rings is 1. The highest BCUT2D eigenvalue weighted by Gasteiger charge is 2.52. The van der Waals surface area contributed by atoms with Crippen LogP contribution in [-0.2, 0) is 63.1 Å². The Labute approximate surface area is 802 Å². The van der Waals surface area contributed by atoms with Crippen LogP contribution in [0.1, 0.15) is 182 Å². The maximum absolute atomic E-state index is 13.3. The van der Waals surface area contributed by atoms with Gasteiger partial charge in [0.25, 0.3) is 27.8 Å². The zero-order valence-electron chi connectivity index (χ0n) is 78.6. The first kappa shape index (κ1) is 102. The van der Waals surface area contributed by atoms with Crippen molar-refractivity contribution in [2.75, 3.05) is 65.5 Å². The molecule has 10 aromatic rings. The Kier molecular flexibility index (Phi) is 33.7. The first-order chi connectivity index (χ1) is 66.0. The highest BCUT2D eigenvalue weighted by molar-refractivity contribution is 7.89. The van der Waals surface area contributed by atoms with Crippen LogP contribution in [0.25, 0.3) is 55.8 Å². The summed E-state index contributed by atoms with van der Waals surface area (Å²) in [6.07, 6.45) is 21.7. The van der Waals surface area contributed by atoms with Gasteiger partial charge in [-0.15, -0.1) is 0 Å². The van der Waals surface area contributed by atoms with Gasteiger partial charge in [-0.05, 0) is 230 Å². The quantitative estimate of drug-likeness (QED) is 0.00839. The number of hydrogen-bond acceptors (Lipinski definition) is 21. The number of aliphatic hydroxyl groups is 1. The van der Waals surface area contributed by atoms with Crippen molar-refractivity contribution >= 4 is 89.4 Å². The average Bonchev–Trinajstić information content (AvgIpc) is 1.32. The third kappa shape index (κ3) is 25.8. The highest BCUT2D eigenvalue weighted by Crippen LogP contribution is 2.41. The molecule has 6 saturated heterocycles. The van der Waals surface area contributed by atoms with Gasteiger partial charge < -0.3 is 54.2 Å². The topological polar surface area (TPSA) is 430 Å². The van der Waals surface area contributed by atoms with E-state index in [9.17, 15) is 64.7 Å². The number of rotatable bonds is 26. The van der Waals surface area contributed by atoms with Crippen LogP contribution >= 0.6 is 0 Å². The number of ether oxygens (including phenoxy) is 3. The number of aromatic amines is 1. The van der Waals surface area contributed by atoms with E-state index in [0.29, 0.717) is 154 Å². The summed E-state index contributed by atoms with van der Waals surface area (Å²) in [4.78, 5) is 111. The summed E-state index contributed by atoms with van der Waals surface area (Å²) in [7, 11) is -7.61. The normalized spacial score (nSPS) is 18.8. The summed E-state index contributed by atoms with van der Waals surface area (Å²) in [6, 6.07) is 48.3. The molecule has 8 aliphatic rings. The van der Waals surface area contributed by atoms with Crippen molar-refractivity contribution in [3.05, 3.63) is 256 Å². The number of piperazine rings is 1. The number of piperidine rings is 1. The van der Waals surface area contributed by atoms with Crippen molar-refractivity contribution in [1.82, 2.24) is 44.1 Å². The van der Waals surface area contributed by atoms with E-state index in [1.165, 1.54) is 49.1 Å². The van der Waals surface area contributed by atoms with Crippen molar-refractivity contribution in [3.63, 3.8) is 0 Å². The Hall–Kier alpha value is -13.1. The number of H-pyrrole nitrogens is 1. The van der Waals surface area contributed by atoms with Crippen LogP contribution in [0, 0.1) is 57.7 Å². The van der Waals surface area contributed by atoms with Gasteiger partial charge in [0.1, 0.15) is 35.6 Å². The number of nitriles is 1. The second-order valence-corrected chi connectivity index (χ2v) is 39.5. The smallest absolute Gasteiger partial charge is 0.334 e. The number of nitrogens with zero attached hydrogens (tertiary/aromatic N) is 9. The number of nitrogens with two attached hydrogens (primary N) is 1. The van der Waals surface area contributed by atoms with Crippen LogP contribution in [0.5, 0.6) is 0 Å². The molecule has 4 unspecified atom stereocenters.